The van der Waals surface area contributed by atoms with Gasteiger partial charge in [0.1, 0.15) is 5.69 Å². The standard InChI is InChI=1S/C43H48ClFN10O4S/c1-3-51(2)60(58,59)50-38-25-32(44)24-36(41(38)45)37-28-55(49-42(37)31-12-16-46-17-13-31)39-10-8-34(26-47-39)54-22-20-52(21-23-54)27-29-14-18-53(19-15-29)33-6-4-30(5-7-33)35-9-11-40(56)48-43(35)57/h4-8,10,12-13,16-17,24-26,28-29,35,50H,3,9,11,14-15,18-23,27H2,1-2H3,(H,48,56,57)/t35-/m1/s1. The molecule has 0 bridgehead atoms. The van der Waals surface area contributed by atoms with Crippen LogP contribution in [0.15, 0.2) is 85.5 Å². The number of nitrogens with one attached hydrogen (secondary N) is 2. The number of rotatable bonds is 12. The number of pyridine rings is 2. The smallest absolute Gasteiger partial charge is 0.301 e. The quantitative estimate of drug-likeness (QED) is 0.144. The summed E-state index contributed by atoms with van der Waals surface area (Å²) >= 11 is 6.45. The molecular formula is C43H48ClFN10O4S. The van der Waals surface area contributed by atoms with E-state index >= 15 is 4.39 Å². The highest BCUT2D eigenvalue weighted by molar-refractivity contribution is 7.90. The fraction of sp³-hybridized carbons (Fsp3) is 0.372. The summed E-state index contributed by atoms with van der Waals surface area (Å²) in [6, 6.07) is 18.4. The van der Waals surface area contributed by atoms with E-state index in [-0.39, 0.29) is 40.6 Å². The van der Waals surface area contributed by atoms with Crippen LogP contribution in [-0.2, 0) is 19.8 Å². The van der Waals surface area contributed by atoms with Crippen molar-refractivity contribution >= 4 is 50.7 Å². The van der Waals surface area contributed by atoms with Crippen LogP contribution in [0.2, 0.25) is 5.02 Å². The van der Waals surface area contributed by atoms with Crippen LogP contribution in [0.3, 0.4) is 0 Å². The second-order valence-electron chi connectivity index (χ2n) is 15.6. The number of aromatic nitrogens is 4. The molecule has 2 amide bonds. The Morgan fingerprint density at radius 1 is 0.900 bits per heavy atom. The summed E-state index contributed by atoms with van der Waals surface area (Å²) in [7, 11) is -2.62. The highest BCUT2D eigenvalue weighted by atomic mass is 35.5. The second kappa shape index (κ2) is 17.7. The molecule has 17 heteroatoms. The minimum atomic E-state index is -4.02. The van der Waals surface area contributed by atoms with Crippen molar-refractivity contribution in [1.29, 1.82) is 0 Å². The first-order valence-corrected chi connectivity index (χ1v) is 22.1. The third-order valence-electron chi connectivity index (χ3n) is 11.8. The molecular weight excluding hydrogens is 807 g/mol. The van der Waals surface area contributed by atoms with Gasteiger partial charge in [0.25, 0.3) is 0 Å². The fourth-order valence-electron chi connectivity index (χ4n) is 8.22. The normalized spacial score (nSPS) is 18.2. The number of nitrogens with zero attached hydrogens (tertiary/aromatic N) is 8. The van der Waals surface area contributed by atoms with Crippen molar-refractivity contribution in [2.45, 2.75) is 38.5 Å². The van der Waals surface area contributed by atoms with E-state index in [1.165, 1.54) is 24.9 Å². The van der Waals surface area contributed by atoms with E-state index in [9.17, 15) is 18.0 Å². The summed E-state index contributed by atoms with van der Waals surface area (Å²) in [5.74, 6) is -0.285. The number of amides is 2. The van der Waals surface area contributed by atoms with Gasteiger partial charge < -0.3 is 9.80 Å². The third kappa shape index (κ3) is 9.01. The van der Waals surface area contributed by atoms with Crippen molar-refractivity contribution in [3.05, 3.63) is 102 Å². The fourth-order valence-corrected chi connectivity index (χ4v) is 9.36. The summed E-state index contributed by atoms with van der Waals surface area (Å²) in [5.41, 5.74) is 4.48. The monoisotopic (exact) mass is 854 g/mol. The van der Waals surface area contributed by atoms with E-state index < -0.39 is 16.0 Å². The van der Waals surface area contributed by atoms with E-state index in [2.05, 4.69) is 41.9 Å². The molecule has 2 N–H and O–H groups in total. The molecule has 14 nitrogen and oxygen atoms in total. The number of piperazine rings is 1. The second-order valence-corrected chi connectivity index (χ2v) is 17.8. The lowest BCUT2D eigenvalue weighted by Gasteiger charge is -2.40. The van der Waals surface area contributed by atoms with Gasteiger partial charge in [0.15, 0.2) is 11.6 Å². The van der Waals surface area contributed by atoms with Crippen molar-refractivity contribution < 1.29 is 22.4 Å². The average molecular weight is 855 g/mol. The molecule has 1 atom stereocenters. The molecule has 0 aliphatic carbocycles. The van der Waals surface area contributed by atoms with Gasteiger partial charge in [-0.2, -0.15) is 17.8 Å². The SMILES string of the molecule is CCN(C)S(=O)(=O)Nc1cc(Cl)cc(-c2cn(-c3ccc(N4CCN(CC5CCN(c6ccc([C@H]7CCC(=O)NC7=O)cc6)CC5)CC4)cn3)nc2-c2ccncc2)c1F. The molecule has 0 radical (unpaired) electrons. The van der Waals surface area contributed by atoms with E-state index in [0.717, 1.165) is 74.2 Å². The number of hydrogen-bond donors (Lipinski definition) is 2. The van der Waals surface area contributed by atoms with Gasteiger partial charge in [0.2, 0.25) is 11.8 Å². The lowest BCUT2D eigenvalue weighted by atomic mass is 9.90. The van der Waals surface area contributed by atoms with Gasteiger partial charge in [-0.25, -0.2) is 14.1 Å². The minimum absolute atomic E-state index is 0.0794. The summed E-state index contributed by atoms with van der Waals surface area (Å²) in [6.07, 6.45) is 9.94. The number of halogens is 2. The Morgan fingerprint density at radius 3 is 2.27 bits per heavy atom. The molecule has 0 saturated carbocycles. The van der Waals surface area contributed by atoms with Crippen molar-refractivity contribution in [3.8, 4) is 28.2 Å². The van der Waals surface area contributed by atoms with Gasteiger partial charge in [-0.15, -0.1) is 0 Å². The van der Waals surface area contributed by atoms with Gasteiger partial charge >= 0.3 is 10.2 Å². The third-order valence-corrected chi connectivity index (χ3v) is 13.6. The lowest BCUT2D eigenvalue weighted by Crippen LogP contribution is -2.49. The van der Waals surface area contributed by atoms with Crippen LogP contribution >= 0.6 is 11.6 Å². The summed E-state index contributed by atoms with van der Waals surface area (Å²) in [5, 5.41) is 7.43. The van der Waals surface area contributed by atoms with Crippen LogP contribution in [0.4, 0.5) is 21.5 Å². The molecule has 3 aromatic heterocycles. The highest BCUT2D eigenvalue weighted by Crippen LogP contribution is 2.38. The van der Waals surface area contributed by atoms with Gasteiger partial charge in [-0.1, -0.05) is 30.7 Å². The highest BCUT2D eigenvalue weighted by Gasteiger charge is 2.29. The van der Waals surface area contributed by atoms with Crippen LogP contribution in [0.25, 0.3) is 28.2 Å². The number of hydrogen-bond acceptors (Lipinski definition) is 10. The number of imide groups is 1. The van der Waals surface area contributed by atoms with Gasteiger partial charge in [-0.05, 0) is 79.3 Å². The molecule has 3 saturated heterocycles. The number of carbonyl (C=O) groups excluding carboxylic acids is 2. The topological polar surface area (TPSA) is 149 Å². The largest absolute Gasteiger partial charge is 0.372 e. The minimum Gasteiger partial charge on any atom is -0.372 e. The zero-order chi connectivity index (χ0) is 42.0. The number of piperidine rings is 2. The Balaban J connectivity index is 0.889. The molecule has 0 spiro atoms. The van der Waals surface area contributed by atoms with Gasteiger partial charge in [-0.3, -0.25) is 29.5 Å². The predicted octanol–water partition coefficient (Wildman–Crippen LogP) is 5.96. The zero-order valence-electron chi connectivity index (χ0n) is 33.6. The zero-order valence-corrected chi connectivity index (χ0v) is 35.2. The van der Waals surface area contributed by atoms with Crippen molar-refractivity contribution in [3.63, 3.8) is 0 Å². The molecule has 2 aromatic carbocycles. The molecule has 6 heterocycles. The van der Waals surface area contributed by atoms with Crippen LogP contribution in [0.1, 0.15) is 44.1 Å². The molecule has 8 rings (SSSR count). The van der Waals surface area contributed by atoms with E-state index in [0.29, 0.717) is 41.4 Å². The van der Waals surface area contributed by atoms with Crippen LogP contribution in [0.5, 0.6) is 0 Å². The Bertz CT molecular complexity index is 2440. The number of anilines is 3. The van der Waals surface area contributed by atoms with E-state index in [1.54, 1.807) is 42.3 Å². The molecule has 60 heavy (non-hydrogen) atoms. The molecule has 3 aliphatic heterocycles. The van der Waals surface area contributed by atoms with Crippen molar-refractivity contribution in [2.24, 2.45) is 5.92 Å². The van der Waals surface area contributed by atoms with Crippen molar-refractivity contribution in [2.75, 3.05) is 73.9 Å². The predicted molar refractivity (Wildman–Crippen MR) is 231 cm³/mol. The number of carbonyl (C=O) groups is 2. The van der Waals surface area contributed by atoms with Gasteiger partial charge in [0.05, 0.1) is 23.5 Å². The summed E-state index contributed by atoms with van der Waals surface area (Å²) in [6.45, 7) is 8.62. The average Bonchev–Trinajstić information content (AvgIpc) is 3.71. The van der Waals surface area contributed by atoms with Crippen molar-refractivity contribution in [1.82, 2.24) is 34.3 Å². The maximum atomic E-state index is 16.2. The maximum absolute atomic E-state index is 16.2. The Morgan fingerprint density at radius 2 is 1.60 bits per heavy atom. The van der Waals surface area contributed by atoms with Crippen LogP contribution < -0.4 is 19.8 Å². The Labute approximate surface area is 354 Å². The summed E-state index contributed by atoms with van der Waals surface area (Å²) < 4.78 is 46.8. The Kier molecular flexibility index (Phi) is 12.2. The molecule has 314 valence electrons. The Hall–Kier alpha value is -5.42. The molecule has 3 aliphatic rings. The molecule has 3 fully saturated rings. The van der Waals surface area contributed by atoms with Crippen LogP contribution in [0, 0.1) is 11.7 Å². The van der Waals surface area contributed by atoms with Crippen LogP contribution in [-0.4, -0.2) is 109 Å². The van der Waals surface area contributed by atoms with Gasteiger partial charge in [0, 0.05) is 112 Å². The lowest BCUT2D eigenvalue weighted by molar-refractivity contribution is -0.134. The molecule has 0 unspecified atom stereocenters. The first-order chi connectivity index (χ1) is 28.9. The molecule has 5 aromatic rings. The first-order valence-electron chi connectivity index (χ1n) is 20.3. The summed E-state index contributed by atoms with van der Waals surface area (Å²) in [4.78, 5) is 40.1. The first kappa shape index (κ1) is 41.3. The number of benzene rings is 2. The van der Waals surface area contributed by atoms with E-state index in [1.807, 2.05) is 30.5 Å². The van der Waals surface area contributed by atoms with E-state index in [4.69, 9.17) is 21.7 Å². The maximum Gasteiger partial charge on any atom is 0.301 e.